The molecule has 4 rings (SSSR count). The summed E-state index contributed by atoms with van der Waals surface area (Å²) < 4.78 is 11.5. The van der Waals surface area contributed by atoms with E-state index >= 15 is 0 Å². The Balaban J connectivity index is 1.18. The molecule has 2 aliphatic heterocycles. The van der Waals surface area contributed by atoms with E-state index in [2.05, 4.69) is 5.32 Å². The van der Waals surface area contributed by atoms with Crippen LogP contribution in [0.15, 0.2) is 42.5 Å². The van der Waals surface area contributed by atoms with Crippen LogP contribution in [0.3, 0.4) is 0 Å². The Morgan fingerprint density at radius 1 is 1.09 bits per heavy atom. The summed E-state index contributed by atoms with van der Waals surface area (Å²) in [5.74, 6) is 0.531. The Kier molecular flexibility index (Phi) is 6.49. The molecule has 0 aliphatic carbocycles. The molecule has 2 N–H and O–H groups in total. The number of nitrogens with zero attached hydrogens (tertiary/aromatic N) is 1. The standard InChI is InChI=1S/C25H28N2O6/c1-25(2)13-21(29)20-9-8-17(12-22(20)33-25)32-15-16(28)14-26-10-5-11-27-23(30)18-6-3-4-7-19(18)24(27)31/h3-4,6-9,12,16,26,28H,5,10-11,13-15H2,1-2H3/t16-/m0/s1. The van der Waals surface area contributed by atoms with Gasteiger partial charge in [0.1, 0.15) is 29.8 Å². The lowest BCUT2D eigenvalue weighted by atomic mass is 9.93. The predicted octanol–water partition coefficient (Wildman–Crippen LogP) is 2.45. The summed E-state index contributed by atoms with van der Waals surface area (Å²) in [5.41, 5.74) is 0.883. The van der Waals surface area contributed by atoms with Gasteiger partial charge in [-0.25, -0.2) is 0 Å². The first kappa shape index (κ1) is 22.9. The highest BCUT2D eigenvalue weighted by Gasteiger charge is 2.34. The highest BCUT2D eigenvalue weighted by molar-refractivity contribution is 6.21. The lowest BCUT2D eigenvalue weighted by molar-refractivity contribution is 0.0611. The molecule has 0 aromatic heterocycles. The van der Waals surface area contributed by atoms with E-state index in [1.165, 1.54) is 4.90 Å². The third-order valence-electron chi connectivity index (χ3n) is 5.66. The van der Waals surface area contributed by atoms with Crippen LogP contribution in [0, 0.1) is 0 Å². The Morgan fingerprint density at radius 2 is 1.79 bits per heavy atom. The van der Waals surface area contributed by atoms with Crippen molar-refractivity contribution in [3.63, 3.8) is 0 Å². The Bertz CT molecular complexity index is 1050. The lowest BCUT2D eigenvalue weighted by Crippen LogP contribution is -2.36. The number of amides is 2. The van der Waals surface area contributed by atoms with E-state index < -0.39 is 11.7 Å². The van der Waals surface area contributed by atoms with Crippen molar-refractivity contribution in [1.29, 1.82) is 0 Å². The molecule has 1 atom stereocenters. The lowest BCUT2D eigenvalue weighted by Gasteiger charge is -2.31. The van der Waals surface area contributed by atoms with Crippen molar-refractivity contribution in [2.45, 2.75) is 38.4 Å². The summed E-state index contributed by atoms with van der Waals surface area (Å²) >= 11 is 0. The van der Waals surface area contributed by atoms with E-state index in [-0.39, 0.29) is 24.2 Å². The van der Waals surface area contributed by atoms with Crippen LogP contribution in [0.5, 0.6) is 11.5 Å². The minimum Gasteiger partial charge on any atom is -0.491 e. The fourth-order valence-electron chi connectivity index (χ4n) is 4.05. The predicted molar refractivity (Wildman–Crippen MR) is 121 cm³/mol. The van der Waals surface area contributed by atoms with Crippen molar-refractivity contribution in [1.82, 2.24) is 10.2 Å². The van der Waals surface area contributed by atoms with Gasteiger partial charge in [0.15, 0.2) is 5.78 Å². The third kappa shape index (κ3) is 5.07. The Morgan fingerprint density at radius 3 is 2.48 bits per heavy atom. The number of nitrogens with one attached hydrogen (secondary N) is 1. The number of ketones is 1. The van der Waals surface area contributed by atoms with Gasteiger partial charge in [0, 0.05) is 19.2 Å². The van der Waals surface area contributed by atoms with Gasteiger partial charge in [-0.15, -0.1) is 0 Å². The van der Waals surface area contributed by atoms with Crippen LogP contribution < -0.4 is 14.8 Å². The van der Waals surface area contributed by atoms with Crippen molar-refractivity contribution in [3.05, 3.63) is 59.2 Å². The van der Waals surface area contributed by atoms with Gasteiger partial charge in [-0.3, -0.25) is 19.3 Å². The van der Waals surface area contributed by atoms with Crippen LogP contribution in [0.25, 0.3) is 0 Å². The normalized spacial score (nSPS) is 17.4. The fourth-order valence-corrected chi connectivity index (χ4v) is 4.05. The molecule has 2 amide bonds. The minimum atomic E-state index is -0.751. The summed E-state index contributed by atoms with van der Waals surface area (Å²) in [5, 5.41) is 13.3. The van der Waals surface area contributed by atoms with Gasteiger partial charge < -0.3 is 19.9 Å². The number of ether oxygens (including phenoxy) is 2. The molecular weight excluding hydrogens is 424 g/mol. The Hall–Kier alpha value is -3.23. The van der Waals surface area contributed by atoms with Gasteiger partial charge in [0.05, 0.1) is 23.1 Å². The molecule has 33 heavy (non-hydrogen) atoms. The second-order valence-corrected chi connectivity index (χ2v) is 8.95. The van der Waals surface area contributed by atoms with Crippen molar-refractivity contribution in [2.75, 3.05) is 26.2 Å². The average Bonchev–Trinajstić information content (AvgIpc) is 3.01. The van der Waals surface area contributed by atoms with Gasteiger partial charge >= 0.3 is 0 Å². The summed E-state index contributed by atoms with van der Waals surface area (Å²) in [7, 11) is 0. The number of hydrogen-bond donors (Lipinski definition) is 2. The molecule has 0 radical (unpaired) electrons. The second-order valence-electron chi connectivity index (χ2n) is 8.95. The summed E-state index contributed by atoms with van der Waals surface area (Å²) in [6.45, 7) is 4.96. The maximum Gasteiger partial charge on any atom is 0.261 e. The molecule has 8 nitrogen and oxygen atoms in total. The van der Waals surface area contributed by atoms with Crippen LogP contribution in [0.1, 0.15) is 57.8 Å². The summed E-state index contributed by atoms with van der Waals surface area (Å²) in [4.78, 5) is 38.2. The van der Waals surface area contributed by atoms with Gasteiger partial charge in [-0.2, -0.15) is 0 Å². The number of aliphatic hydroxyl groups excluding tert-OH is 1. The molecule has 0 unspecified atom stereocenters. The van der Waals surface area contributed by atoms with Crippen LogP contribution in [0.2, 0.25) is 0 Å². The highest BCUT2D eigenvalue weighted by atomic mass is 16.5. The molecule has 2 aromatic rings. The van der Waals surface area contributed by atoms with E-state index in [1.54, 1.807) is 42.5 Å². The highest BCUT2D eigenvalue weighted by Crippen LogP contribution is 2.35. The fraction of sp³-hybridized carbons (Fsp3) is 0.400. The zero-order valence-electron chi connectivity index (χ0n) is 18.8. The maximum atomic E-state index is 12.3. The van der Waals surface area contributed by atoms with Gasteiger partial charge in [-0.1, -0.05) is 12.1 Å². The first-order valence-electron chi connectivity index (χ1n) is 11.1. The van der Waals surface area contributed by atoms with Crippen molar-refractivity contribution in [2.24, 2.45) is 0 Å². The molecule has 0 spiro atoms. The number of Topliss-reactive ketones (excluding diaryl/α,β-unsaturated/α-hetero) is 1. The number of fused-ring (bicyclic) bond motifs is 2. The quantitative estimate of drug-likeness (QED) is 0.445. The smallest absolute Gasteiger partial charge is 0.261 e. The monoisotopic (exact) mass is 452 g/mol. The van der Waals surface area contributed by atoms with Crippen molar-refractivity contribution in [3.8, 4) is 11.5 Å². The molecule has 8 heteroatoms. The molecule has 2 aliphatic rings. The van der Waals surface area contributed by atoms with Crippen molar-refractivity contribution >= 4 is 17.6 Å². The molecule has 0 saturated carbocycles. The Labute approximate surface area is 192 Å². The van der Waals surface area contributed by atoms with Crippen LogP contribution >= 0.6 is 0 Å². The van der Waals surface area contributed by atoms with Crippen LogP contribution in [-0.2, 0) is 0 Å². The van der Waals surface area contributed by atoms with Gasteiger partial charge in [0.2, 0.25) is 0 Å². The second kappa shape index (κ2) is 9.33. The van der Waals surface area contributed by atoms with E-state index in [4.69, 9.17) is 9.47 Å². The van der Waals surface area contributed by atoms with Crippen LogP contribution in [-0.4, -0.2) is 65.6 Å². The SMILES string of the molecule is CC1(C)CC(=O)c2ccc(OC[C@@H](O)CNCCCN3C(=O)c4ccccc4C3=O)cc2O1. The number of aliphatic hydroxyl groups is 1. The molecule has 0 bridgehead atoms. The maximum absolute atomic E-state index is 12.3. The molecule has 2 aromatic carbocycles. The number of rotatable bonds is 9. The van der Waals surface area contributed by atoms with Gasteiger partial charge in [0.25, 0.3) is 11.8 Å². The minimum absolute atomic E-state index is 0.0400. The van der Waals surface area contributed by atoms with E-state index in [0.29, 0.717) is 60.7 Å². The number of carbonyl (C=O) groups is 3. The van der Waals surface area contributed by atoms with Crippen molar-refractivity contribution < 1.29 is 29.0 Å². The van der Waals surface area contributed by atoms with E-state index in [1.807, 2.05) is 13.8 Å². The largest absolute Gasteiger partial charge is 0.491 e. The molecule has 0 saturated heterocycles. The zero-order chi connectivity index (χ0) is 23.6. The van der Waals surface area contributed by atoms with E-state index in [0.717, 1.165) is 0 Å². The number of hydrogen-bond acceptors (Lipinski definition) is 7. The first-order chi connectivity index (χ1) is 15.7. The topological polar surface area (TPSA) is 105 Å². The molecule has 0 fully saturated rings. The van der Waals surface area contributed by atoms with E-state index in [9.17, 15) is 19.5 Å². The average molecular weight is 453 g/mol. The molecule has 174 valence electrons. The first-order valence-corrected chi connectivity index (χ1v) is 11.1. The summed E-state index contributed by atoms with van der Waals surface area (Å²) in [6, 6.07) is 11.9. The number of imide groups is 1. The zero-order valence-corrected chi connectivity index (χ0v) is 18.8. The molecule has 2 heterocycles. The third-order valence-corrected chi connectivity index (χ3v) is 5.66. The molecular formula is C25H28N2O6. The summed E-state index contributed by atoms with van der Waals surface area (Å²) in [6.07, 6.45) is 0.155. The number of carbonyl (C=O) groups excluding carboxylic acids is 3. The van der Waals surface area contributed by atoms with Crippen LogP contribution in [0.4, 0.5) is 0 Å². The van der Waals surface area contributed by atoms with Gasteiger partial charge in [-0.05, 0) is 51.1 Å². The number of benzene rings is 2.